The topological polar surface area (TPSA) is 84.0 Å². The second kappa shape index (κ2) is 6.05. The second-order valence-electron chi connectivity index (χ2n) is 6.79. The van der Waals surface area contributed by atoms with Crippen molar-refractivity contribution in [3.63, 3.8) is 0 Å². The summed E-state index contributed by atoms with van der Waals surface area (Å²) in [6, 6.07) is 0. The quantitative estimate of drug-likeness (QED) is 0.699. The first-order valence-electron chi connectivity index (χ1n) is 8.21. The third kappa shape index (κ3) is 3.10. The SMILES string of the molecule is CS(=O)(=O)C1(C(=O)N2CCCC(C(=O)N3CCOCC3)C2)CC1. The minimum absolute atomic E-state index is 0.0648. The van der Waals surface area contributed by atoms with Gasteiger partial charge in [0.15, 0.2) is 14.6 Å². The Hall–Kier alpha value is -1.15. The molecule has 2 saturated heterocycles. The van der Waals surface area contributed by atoms with Crippen LogP contribution < -0.4 is 0 Å². The molecular weight excluding hydrogens is 320 g/mol. The van der Waals surface area contributed by atoms with E-state index in [9.17, 15) is 18.0 Å². The number of carbonyl (C=O) groups is 2. The molecule has 2 heterocycles. The summed E-state index contributed by atoms with van der Waals surface area (Å²) in [6.45, 7) is 3.18. The van der Waals surface area contributed by atoms with Crippen molar-refractivity contribution in [2.45, 2.75) is 30.4 Å². The van der Waals surface area contributed by atoms with E-state index in [1.807, 2.05) is 0 Å². The van der Waals surface area contributed by atoms with Crippen LogP contribution in [0.2, 0.25) is 0 Å². The molecular formula is C15H24N2O5S. The molecule has 1 atom stereocenters. The summed E-state index contributed by atoms with van der Waals surface area (Å²) in [5.41, 5.74) is 0. The first-order chi connectivity index (χ1) is 10.8. The Morgan fingerprint density at radius 2 is 1.74 bits per heavy atom. The van der Waals surface area contributed by atoms with Crippen LogP contribution in [-0.4, -0.2) is 80.4 Å². The standard InChI is InChI=1S/C15H24N2O5S/c1-23(20,21)15(4-5-15)14(19)17-6-2-3-12(11-17)13(18)16-7-9-22-10-8-16/h12H,2-11H2,1H3. The van der Waals surface area contributed by atoms with E-state index >= 15 is 0 Å². The van der Waals surface area contributed by atoms with Crippen LogP contribution in [0.15, 0.2) is 0 Å². The van der Waals surface area contributed by atoms with Gasteiger partial charge in [0.1, 0.15) is 0 Å². The lowest BCUT2D eigenvalue weighted by Gasteiger charge is -2.37. The number of carbonyl (C=O) groups excluding carboxylic acids is 2. The fourth-order valence-corrected chi connectivity index (χ4v) is 4.84. The van der Waals surface area contributed by atoms with Crippen LogP contribution in [0, 0.1) is 5.92 Å². The number of morpholine rings is 1. The van der Waals surface area contributed by atoms with Gasteiger partial charge in [-0.25, -0.2) is 8.42 Å². The monoisotopic (exact) mass is 344 g/mol. The van der Waals surface area contributed by atoms with E-state index in [0.29, 0.717) is 52.2 Å². The average molecular weight is 344 g/mol. The fraction of sp³-hybridized carbons (Fsp3) is 0.867. The summed E-state index contributed by atoms with van der Waals surface area (Å²) in [4.78, 5) is 28.7. The second-order valence-corrected chi connectivity index (χ2v) is 9.12. The highest BCUT2D eigenvalue weighted by molar-refractivity contribution is 7.93. The van der Waals surface area contributed by atoms with Crippen molar-refractivity contribution in [2.24, 2.45) is 5.92 Å². The molecule has 1 unspecified atom stereocenters. The molecule has 23 heavy (non-hydrogen) atoms. The lowest BCUT2D eigenvalue weighted by molar-refractivity contribution is -0.144. The number of hydrogen-bond acceptors (Lipinski definition) is 5. The molecule has 0 radical (unpaired) electrons. The summed E-state index contributed by atoms with van der Waals surface area (Å²) in [5, 5.41) is 0. The van der Waals surface area contributed by atoms with Gasteiger partial charge in [-0.1, -0.05) is 0 Å². The number of ether oxygens (including phenoxy) is 1. The Morgan fingerprint density at radius 3 is 2.30 bits per heavy atom. The number of hydrogen-bond donors (Lipinski definition) is 0. The molecule has 8 heteroatoms. The van der Waals surface area contributed by atoms with Gasteiger partial charge in [0, 0.05) is 32.4 Å². The number of sulfone groups is 1. The molecule has 0 N–H and O–H groups in total. The molecule has 3 rings (SSSR count). The van der Waals surface area contributed by atoms with Crippen molar-refractivity contribution in [3.05, 3.63) is 0 Å². The maximum Gasteiger partial charge on any atom is 0.244 e. The molecule has 3 fully saturated rings. The van der Waals surface area contributed by atoms with Crippen molar-refractivity contribution in [1.82, 2.24) is 9.80 Å². The summed E-state index contributed by atoms with van der Waals surface area (Å²) in [6.07, 6.45) is 3.45. The highest BCUT2D eigenvalue weighted by atomic mass is 32.2. The highest BCUT2D eigenvalue weighted by Crippen LogP contribution is 2.45. The molecule has 7 nitrogen and oxygen atoms in total. The van der Waals surface area contributed by atoms with Crippen LogP contribution in [0.3, 0.4) is 0 Å². The zero-order valence-electron chi connectivity index (χ0n) is 13.5. The number of likely N-dealkylation sites (tertiary alicyclic amines) is 1. The summed E-state index contributed by atoms with van der Waals surface area (Å²) in [7, 11) is -3.40. The average Bonchev–Trinajstić information content (AvgIpc) is 3.36. The third-order valence-corrected chi connectivity index (χ3v) is 7.19. The molecule has 1 aliphatic carbocycles. The predicted molar refractivity (Wildman–Crippen MR) is 83.5 cm³/mol. The maximum atomic E-state index is 12.7. The summed E-state index contributed by atoms with van der Waals surface area (Å²) >= 11 is 0. The van der Waals surface area contributed by atoms with Crippen LogP contribution in [0.25, 0.3) is 0 Å². The van der Waals surface area contributed by atoms with Gasteiger partial charge in [-0.05, 0) is 25.7 Å². The van der Waals surface area contributed by atoms with Crippen LogP contribution >= 0.6 is 0 Å². The number of rotatable bonds is 3. The first-order valence-corrected chi connectivity index (χ1v) is 10.1. The lowest BCUT2D eigenvalue weighted by Crippen LogP contribution is -2.52. The minimum Gasteiger partial charge on any atom is -0.378 e. The molecule has 1 saturated carbocycles. The van der Waals surface area contributed by atoms with Crippen molar-refractivity contribution in [2.75, 3.05) is 45.6 Å². The summed E-state index contributed by atoms with van der Waals surface area (Å²) in [5.74, 6) is -0.462. The predicted octanol–water partition coefficient (Wildman–Crippen LogP) is -0.339. The van der Waals surface area contributed by atoms with Crippen molar-refractivity contribution < 1.29 is 22.7 Å². The molecule has 0 aromatic carbocycles. The van der Waals surface area contributed by atoms with Crippen molar-refractivity contribution >= 4 is 21.7 Å². The Morgan fingerprint density at radius 1 is 1.09 bits per heavy atom. The number of amides is 2. The number of nitrogens with zero attached hydrogens (tertiary/aromatic N) is 2. The minimum atomic E-state index is -3.40. The molecule has 2 aliphatic heterocycles. The largest absolute Gasteiger partial charge is 0.378 e. The maximum absolute atomic E-state index is 12.7. The fourth-order valence-electron chi connectivity index (χ4n) is 3.55. The first kappa shape index (κ1) is 16.7. The van der Waals surface area contributed by atoms with Crippen molar-refractivity contribution in [3.8, 4) is 0 Å². The van der Waals surface area contributed by atoms with Crippen LogP contribution in [-0.2, 0) is 24.2 Å². The Kier molecular flexibility index (Phi) is 4.39. The third-order valence-electron chi connectivity index (χ3n) is 5.18. The van der Waals surface area contributed by atoms with Gasteiger partial charge in [-0.15, -0.1) is 0 Å². The van der Waals surface area contributed by atoms with Crippen molar-refractivity contribution in [1.29, 1.82) is 0 Å². The van der Waals surface area contributed by atoms with Gasteiger partial charge in [0.05, 0.1) is 19.1 Å². The molecule has 3 aliphatic rings. The smallest absolute Gasteiger partial charge is 0.244 e. The van der Waals surface area contributed by atoms with E-state index < -0.39 is 14.6 Å². The zero-order chi connectivity index (χ0) is 16.7. The van der Waals surface area contributed by atoms with Gasteiger partial charge in [0.25, 0.3) is 0 Å². The van der Waals surface area contributed by atoms with E-state index in [1.165, 1.54) is 0 Å². The molecule has 0 aromatic heterocycles. The normalized spacial score (nSPS) is 27.6. The Balaban J connectivity index is 1.66. The summed E-state index contributed by atoms with van der Waals surface area (Å²) < 4.78 is 27.9. The van der Waals surface area contributed by atoms with E-state index in [-0.39, 0.29) is 17.7 Å². The molecule has 0 aromatic rings. The van der Waals surface area contributed by atoms with E-state index in [2.05, 4.69) is 0 Å². The molecule has 0 spiro atoms. The molecule has 130 valence electrons. The Labute approximate surface area is 136 Å². The van der Waals surface area contributed by atoms with Crippen LogP contribution in [0.1, 0.15) is 25.7 Å². The van der Waals surface area contributed by atoms with E-state index in [1.54, 1.807) is 9.80 Å². The van der Waals surface area contributed by atoms with Gasteiger partial charge in [0.2, 0.25) is 11.8 Å². The van der Waals surface area contributed by atoms with E-state index in [0.717, 1.165) is 19.1 Å². The lowest BCUT2D eigenvalue weighted by atomic mass is 9.96. The van der Waals surface area contributed by atoms with Crippen LogP contribution in [0.4, 0.5) is 0 Å². The number of piperidine rings is 1. The van der Waals surface area contributed by atoms with Crippen LogP contribution in [0.5, 0.6) is 0 Å². The zero-order valence-corrected chi connectivity index (χ0v) is 14.3. The molecule has 2 amide bonds. The van der Waals surface area contributed by atoms with Gasteiger partial charge in [-0.3, -0.25) is 9.59 Å². The highest BCUT2D eigenvalue weighted by Gasteiger charge is 2.60. The Bertz CT molecular complexity index is 593. The molecule has 0 bridgehead atoms. The van der Waals surface area contributed by atoms with Gasteiger partial charge in [-0.2, -0.15) is 0 Å². The van der Waals surface area contributed by atoms with Gasteiger partial charge < -0.3 is 14.5 Å². The van der Waals surface area contributed by atoms with Gasteiger partial charge >= 0.3 is 0 Å². The van der Waals surface area contributed by atoms with E-state index in [4.69, 9.17) is 4.74 Å².